The standard InChI is InChI=1S/C31H33N3O5/c1-30(2,3)39-29(37)33-31(16-9-17-31)21-14-12-20(13-15-21)25-23(19-10-7-6-8-11-19)24-26(38-25)22(27(35)32-4)18-34(5)28(24)36/h6-8,10-15,18H,9,16-17H2,1-5H3,(H,32,35)(H,33,37). The average Bonchev–Trinajstić information content (AvgIpc) is 3.28. The molecule has 0 radical (unpaired) electrons. The monoisotopic (exact) mass is 527 g/mol. The number of fused-ring (bicyclic) bond motifs is 1. The van der Waals surface area contributed by atoms with E-state index in [1.165, 1.54) is 10.8 Å². The zero-order valence-corrected chi connectivity index (χ0v) is 22.9. The van der Waals surface area contributed by atoms with Gasteiger partial charge in [0.25, 0.3) is 11.5 Å². The fraction of sp³-hybridized carbons (Fsp3) is 0.323. The number of alkyl carbamates (subject to hydrolysis) is 1. The van der Waals surface area contributed by atoms with Crippen LogP contribution >= 0.6 is 0 Å². The highest BCUT2D eigenvalue weighted by molar-refractivity contribution is 6.10. The molecule has 0 spiro atoms. The summed E-state index contributed by atoms with van der Waals surface area (Å²) in [6.07, 6.45) is 3.70. The maximum absolute atomic E-state index is 13.4. The van der Waals surface area contributed by atoms with Crippen molar-refractivity contribution in [3.8, 4) is 22.5 Å². The molecule has 0 aliphatic heterocycles. The molecule has 2 N–H and O–H groups in total. The van der Waals surface area contributed by atoms with E-state index >= 15 is 0 Å². The molecule has 2 heterocycles. The summed E-state index contributed by atoms with van der Waals surface area (Å²) in [6, 6.07) is 17.4. The van der Waals surface area contributed by atoms with Gasteiger partial charge in [-0.2, -0.15) is 0 Å². The second-order valence-electron chi connectivity index (χ2n) is 11.1. The number of hydrogen-bond donors (Lipinski definition) is 2. The second-order valence-corrected chi connectivity index (χ2v) is 11.1. The molecule has 1 aliphatic rings. The Morgan fingerprint density at radius 1 is 1.00 bits per heavy atom. The number of nitrogens with zero attached hydrogens (tertiary/aromatic N) is 1. The van der Waals surface area contributed by atoms with Crippen LogP contribution in [0.25, 0.3) is 33.4 Å². The first kappa shape index (κ1) is 26.3. The molecule has 39 heavy (non-hydrogen) atoms. The molecule has 0 atom stereocenters. The van der Waals surface area contributed by atoms with Crippen molar-refractivity contribution in [3.63, 3.8) is 0 Å². The van der Waals surface area contributed by atoms with Gasteiger partial charge in [0.05, 0.1) is 16.5 Å². The smallest absolute Gasteiger partial charge is 0.408 e. The number of carbonyl (C=O) groups is 2. The summed E-state index contributed by atoms with van der Waals surface area (Å²) in [7, 11) is 3.17. The molecular formula is C31H33N3O5. The van der Waals surface area contributed by atoms with E-state index in [0.717, 1.165) is 36.0 Å². The lowest BCUT2D eigenvalue weighted by atomic mass is 9.71. The van der Waals surface area contributed by atoms with Gasteiger partial charge < -0.3 is 24.4 Å². The molecule has 202 valence electrons. The number of ether oxygens (including phenoxy) is 1. The maximum Gasteiger partial charge on any atom is 0.408 e. The summed E-state index contributed by atoms with van der Waals surface area (Å²) in [5.41, 5.74) is 2.38. The van der Waals surface area contributed by atoms with E-state index in [0.29, 0.717) is 16.7 Å². The van der Waals surface area contributed by atoms with E-state index in [2.05, 4.69) is 10.6 Å². The summed E-state index contributed by atoms with van der Waals surface area (Å²) in [5.74, 6) is 0.157. The molecule has 8 heteroatoms. The fourth-order valence-electron chi connectivity index (χ4n) is 5.15. The maximum atomic E-state index is 13.4. The van der Waals surface area contributed by atoms with E-state index in [9.17, 15) is 14.4 Å². The van der Waals surface area contributed by atoms with Gasteiger partial charge in [0.1, 0.15) is 11.4 Å². The van der Waals surface area contributed by atoms with Gasteiger partial charge in [0.15, 0.2) is 5.58 Å². The highest BCUT2D eigenvalue weighted by atomic mass is 16.6. The molecule has 2 aromatic heterocycles. The number of pyridine rings is 1. The predicted molar refractivity (Wildman–Crippen MR) is 151 cm³/mol. The largest absolute Gasteiger partial charge is 0.454 e. The number of nitrogens with one attached hydrogen (secondary N) is 2. The average molecular weight is 528 g/mol. The lowest BCUT2D eigenvalue weighted by molar-refractivity contribution is 0.0377. The molecule has 1 fully saturated rings. The first-order chi connectivity index (χ1) is 18.5. The number of aryl methyl sites for hydroxylation is 1. The minimum atomic E-state index is -0.585. The van der Waals surface area contributed by atoms with Crippen molar-refractivity contribution in [2.45, 2.75) is 51.2 Å². The third-order valence-electron chi connectivity index (χ3n) is 7.19. The molecule has 0 saturated heterocycles. The highest BCUT2D eigenvalue weighted by Gasteiger charge is 2.41. The van der Waals surface area contributed by atoms with Gasteiger partial charge in [-0.3, -0.25) is 9.59 Å². The van der Waals surface area contributed by atoms with Gasteiger partial charge in [-0.1, -0.05) is 54.6 Å². The number of aromatic nitrogens is 1. The third-order valence-corrected chi connectivity index (χ3v) is 7.19. The Kier molecular flexibility index (Phi) is 6.58. The minimum Gasteiger partial charge on any atom is -0.454 e. The third kappa shape index (κ3) is 4.82. The van der Waals surface area contributed by atoms with Crippen LogP contribution in [0.1, 0.15) is 56.0 Å². The molecule has 0 unspecified atom stereocenters. The Hall–Kier alpha value is -4.33. The molecule has 1 saturated carbocycles. The first-order valence-corrected chi connectivity index (χ1v) is 13.1. The number of rotatable bonds is 5. The number of carbonyl (C=O) groups excluding carboxylic acids is 2. The predicted octanol–water partition coefficient (Wildman–Crippen LogP) is 5.73. The second kappa shape index (κ2) is 9.76. The molecule has 0 bridgehead atoms. The van der Waals surface area contributed by atoms with Crippen molar-refractivity contribution < 1.29 is 18.7 Å². The lowest BCUT2D eigenvalue weighted by Gasteiger charge is -2.43. The van der Waals surface area contributed by atoms with Crippen LogP contribution in [0.3, 0.4) is 0 Å². The normalized spacial score (nSPS) is 14.5. The first-order valence-electron chi connectivity index (χ1n) is 13.1. The van der Waals surface area contributed by atoms with Crippen molar-refractivity contribution in [2.75, 3.05) is 7.05 Å². The van der Waals surface area contributed by atoms with Crippen molar-refractivity contribution in [1.29, 1.82) is 0 Å². The van der Waals surface area contributed by atoms with Crippen LogP contribution in [0.2, 0.25) is 0 Å². The van der Waals surface area contributed by atoms with Crippen LogP contribution in [-0.4, -0.2) is 29.2 Å². The molecule has 1 aliphatic carbocycles. The van der Waals surface area contributed by atoms with Gasteiger partial charge >= 0.3 is 6.09 Å². The van der Waals surface area contributed by atoms with Gasteiger partial charge in [0.2, 0.25) is 0 Å². The van der Waals surface area contributed by atoms with Crippen LogP contribution in [0.5, 0.6) is 0 Å². The highest BCUT2D eigenvalue weighted by Crippen LogP contribution is 2.44. The molecule has 2 amide bonds. The van der Waals surface area contributed by atoms with Crippen LogP contribution < -0.4 is 16.2 Å². The van der Waals surface area contributed by atoms with Crippen LogP contribution in [0.15, 0.2) is 70.0 Å². The lowest BCUT2D eigenvalue weighted by Crippen LogP contribution is -2.52. The van der Waals surface area contributed by atoms with Crippen molar-refractivity contribution in [1.82, 2.24) is 15.2 Å². The minimum absolute atomic E-state index is 0.248. The molecule has 4 aromatic rings. The van der Waals surface area contributed by atoms with E-state index in [1.807, 2.05) is 75.4 Å². The van der Waals surface area contributed by atoms with E-state index in [-0.39, 0.29) is 22.6 Å². The van der Waals surface area contributed by atoms with Crippen molar-refractivity contribution in [3.05, 3.63) is 82.3 Å². The summed E-state index contributed by atoms with van der Waals surface area (Å²) >= 11 is 0. The number of amides is 2. The molecular weight excluding hydrogens is 494 g/mol. The van der Waals surface area contributed by atoms with Crippen LogP contribution in [-0.2, 0) is 17.3 Å². The van der Waals surface area contributed by atoms with Gasteiger partial charge in [0, 0.05) is 31.4 Å². The van der Waals surface area contributed by atoms with Crippen molar-refractivity contribution >= 4 is 23.0 Å². The van der Waals surface area contributed by atoms with Crippen molar-refractivity contribution in [2.24, 2.45) is 7.05 Å². The summed E-state index contributed by atoms with van der Waals surface area (Å²) in [4.78, 5) is 38.7. The Balaban J connectivity index is 1.63. The Morgan fingerprint density at radius 2 is 1.67 bits per heavy atom. The zero-order chi connectivity index (χ0) is 27.9. The molecule has 5 rings (SSSR count). The van der Waals surface area contributed by atoms with Gasteiger partial charge in [-0.15, -0.1) is 0 Å². The topological polar surface area (TPSA) is 103 Å². The SMILES string of the molecule is CNC(=O)c1cn(C)c(=O)c2c(-c3ccccc3)c(-c3ccc(C4(NC(=O)OC(C)(C)C)CCC4)cc3)oc12. The summed E-state index contributed by atoms with van der Waals surface area (Å²) in [5, 5.41) is 6.08. The van der Waals surface area contributed by atoms with E-state index in [4.69, 9.17) is 9.15 Å². The van der Waals surface area contributed by atoms with Gasteiger partial charge in [-0.25, -0.2) is 4.79 Å². The zero-order valence-electron chi connectivity index (χ0n) is 22.9. The summed E-state index contributed by atoms with van der Waals surface area (Å²) in [6.45, 7) is 5.53. The Bertz CT molecular complexity index is 1600. The van der Waals surface area contributed by atoms with E-state index < -0.39 is 17.2 Å². The number of furan rings is 1. The van der Waals surface area contributed by atoms with Crippen LogP contribution in [0.4, 0.5) is 4.79 Å². The Labute approximate surface area is 227 Å². The van der Waals surface area contributed by atoms with Crippen LogP contribution in [0, 0.1) is 0 Å². The summed E-state index contributed by atoms with van der Waals surface area (Å²) < 4.78 is 13.3. The molecule has 8 nitrogen and oxygen atoms in total. The van der Waals surface area contributed by atoms with Gasteiger partial charge in [-0.05, 0) is 51.2 Å². The Morgan fingerprint density at radius 3 is 2.23 bits per heavy atom. The number of hydrogen-bond acceptors (Lipinski definition) is 5. The quantitative estimate of drug-likeness (QED) is 0.345. The fourth-order valence-corrected chi connectivity index (χ4v) is 5.15. The van der Waals surface area contributed by atoms with E-state index in [1.54, 1.807) is 14.1 Å². The number of benzene rings is 2. The molecule has 2 aromatic carbocycles.